The van der Waals surface area contributed by atoms with Gasteiger partial charge in [0.15, 0.2) is 5.76 Å². The first kappa shape index (κ1) is 21.5. The zero-order valence-electron chi connectivity index (χ0n) is 16.7. The van der Waals surface area contributed by atoms with Crippen molar-refractivity contribution in [3.05, 3.63) is 71.0 Å². The molecular weight excluding hydrogens is 406 g/mol. The first-order valence-electron chi connectivity index (χ1n) is 9.23. The zero-order chi connectivity index (χ0) is 21.9. The van der Waals surface area contributed by atoms with Gasteiger partial charge >= 0.3 is 0 Å². The van der Waals surface area contributed by atoms with Gasteiger partial charge in [0.05, 0.1) is 18.4 Å². The van der Waals surface area contributed by atoms with Crippen LogP contribution in [-0.2, 0) is 32.7 Å². The fraction of sp³-hybridized carbons (Fsp3) is 0.238. The molecule has 30 heavy (non-hydrogen) atoms. The number of benzene rings is 2. The molecule has 0 saturated carbocycles. The highest BCUT2D eigenvalue weighted by Crippen LogP contribution is 2.22. The average molecular weight is 429 g/mol. The lowest BCUT2D eigenvalue weighted by Crippen LogP contribution is -2.27. The van der Waals surface area contributed by atoms with Crippen molar-refractivity contribution >= 4 is 21.8 Å². The van der Waals surface area contributed by atoms with Crippen molar-refractivity contribution in [3.63, 3.8) is 0 Å². The van der Waals surface area contributed by atoms with Gasteiger partial charge in [-0.25, -0.2) is 13.1 Å². The highest BCUT2D eigenvalue weighted by Gasteiger charge is 2.31. The van der Waals surface area contributed by atoms with Gasteiger partial charge in [-0.3, -0.25) is 9.59 Å². The van der Waals surface area contributed by atoms with E-state index in [9.17, 15) is 23.1 Å². The van der Waals surface area contributed by atoms with Gasteiger partial charge in [-0.2, -0.15) is 0 Å². The molecule has 3 rings (SSSR count). The summed E-state index contributed by atoms with van der Waals surface area (Å²) in [7, 11) is -1.76. The van der Waals surface area contributed by atoms with Crippen LogP contribution in [0.5, 0.6) is 0 Å². The van der Waals surface area contributed by atoms with Crippen molar-refractivity contribution < 1.29 is 23.1 Å². The van der Waals surface area contributed by atoms with Crippen LogP contribution in [0.15, 0.2) is 59.9 Å². The van der Waals surface area contributed by atoms with E-state index in [4.69, 9.17) is 0 Å². The third kappa shape index (κ3) is 5.25. The normalized spacial score (nSPS) is 14.3. The highest BCUT2D eigenvalue weighted by molar-refractivity contribution is 7.88. The van der Waals surface area contributed by atoms with Crippen LogP contribution in [0.2, 0.25) is 0 Å². The Kier molecular flexibility index (Phi) is 6.23. The van der Waals surface area contributed by atoms with Gasteiger partial charge in [-0.15, -0.1) is 0 Å². The number of hydrogen-bond acceptors (Lipinski definition) is 5. The quantitative estimate of drug-likeness (QED) is 0.614. The topological polar surface area (TPSA) is 116 Å². The molecule has 0 spiro atoms. The van der Waals surface area contributed by atoms with Crippen molar-refractivity contribution in [3.8, 4) is 11.1 Å². The fourth-order valence-electron chi connectivity index (χ4n) is 3.10. The lowest BCUT2D eigenvalue weighted by Gasteiger charge is -2.10. The number of sulfonamides is 1. The summed E-state index contributed by atoms with van der Waals surface area (Å²) in [5.74, 6) is -1.56. The number of nitrogens with one attached hydrogen (secondary N) is 2. The molecule has 0 bridgehead atoms. The molecule has 9 heteroatoms. The van der Waals surface area contributed by atoms with E-state index in [0.717, 1.165) is 28.5 Å². The lowest BCUT2D eigenvalue weighted by molar-refractivity contribution is -0.126. The number of aliphatic hydroxyl groups excluding tert-OH is 1. The van der Waals surface area contributed by atoms with Crippen LogP contribution in [0.25, 0.3) is 11.1 Å². The van der Waals surface area contributed by atoms with E-state index < -0.39 is 27.6 Å². The van der Waals surface area contributed by atoms with Crippen LogP contribution in [0.3, 0.4) is 0 Å². The summed E-state index contributed by atoms with van der Waals surface area (Å²) in [4.78, 5) is 25.2. The monoisotopic (exact) mass is 429 g/mol. The molecular formula is C21H23N3O5S. The van der Waals surface area contributed by atoms with E-state index in [2.05, 4.69) is 10.0 Å². The minimum Gasteiger partial charge on any atom is -0.503 e. The Morgan fingerprint density at radius 3 is 2.13 bits per heavy atom. The SMILES string of the molecule is CN1CC(C(=O)NCc2cccc(-c3cccc(CNS(C)(=O)=O)c3)c2)=C(O)C1=O. The summed E-state index contributed by atoms with van der Waals surface area (Å²) in [5, 5.41) is 12.5. The molecule has 2 amide bonds. The number of likely N-dealkylation sites (N-methyl/N-ethyl adjacent to an activating group) is 1. The number of carbonyl (C=O) groups is 2. The minimum atomic E-state index is -3.28. The molecule has 158 valence electrons. The Morgan fingerprint density at radius 1 is 1.07 bits per heavy atom. The average Bonchev–Trinajstić information content (AvgIpc) is 2.98. The zero-order valence-corrected chi connectivity index (χ0v) is 17.5. The van der Waals surface area contributed by atoms with Gasteiger partial charge < -0.3 is 15.3 Å². The van der Waals surface area contributed by atoms with Gasteiger partial charge in [0.1, 0.15) is 0 Å². The summed E-state index contributed by atoms with van der Waals surface area (Å²) >= 11 is 0. The summed E-state index contributed by atoms with van der Waals surface area (Å²) < 4.78 is 25.1. The Hall–Kier alpha value is -3.17. The molecule has 0 aliphatic carbocycles. The predicted octanol–water partition coefficient (Wildman–Crippen LogP) is 1.30. The minimum absolute atomic E-state index is 0.0599. The Balaban J connectivity index is 1.70. The van der Waals surface area contributed by atoms with E-state index in [1.165, 1.54) is 11.9 Å². The second-order valence-corrected chi connectivity index (χ2v) is 9.00. The van der Waals surface area contributed by atoms with Gasteiger partial charge in [0.2, 0.25) is 10.0 Å². The van der Waals surface area contributed by atoms with Gasteiger partial charge in [-0.1, -0.05) is 36.4 Å². The van der Waals surface area contributed by atoms with Crippen molar-refractivity contribution in [2.75, 3.05) is 19.8 Å². The maximum Gasteiger partial charge on any atom is 0.289 e. The first-order chi connectivity index (χ1) is 14.1. The molecule has 2 aromatic rings. The summed E-state index contributed by atoms with van der Waals surface area (Å²) in [5.41, 5.74) is 3.57. The standard InChI is InChI=1S/C21H23N3O5S/c1-24-13-18(19(25)21(24)27)20(26)22-11-14-5-3-7-16(9-14)17-8-4-6-15(10-17)12-23-30(2,28)29/h3-10,23,25H,11-13H2,1-2H3,(H,22,26). The number of aliphatic hydroxyl groups is 1. The van der Waals surface area contributed by atoms with Gasteiger partial charge in [-0.05, 0) is 34.4 Å². The van der Waals surface area contributed by atoms with E-state index in [-0.39, 0.29) is 25.2 Å². The van der Waals surface area contributed by atoms with Crippen molar-refractivity contribution in [2.45, 2.75) is 13.1 Å². The van der Waals surface area contributed by atoms with Crippen LogP contribution in [0.4, 0.5) is 0 Å². The fourth-order valence-corrected chi connectivity index (χ4v) is 3.53. The molecule has 1 aliphatic rings. The Bertz CT molecular complexity index is 1120. The van der Waals surface area contributed by atoms with Crippen LogP contribution in [-0.4, -0.2) is 50.1 Å². The van der Waals surface area contributed by atoms with Crippen LogP contribution in [0.1, 0.15) is 11.1 Å². The number of hydrogen-bond donors (Lipinski definition) is 3. The predicted molar refractivity (Wildman–Crippen MR) is 113 cm³/mol. The second-order valence-electron chi connectivity index (χ2n) is 7.17. The van der Waals surface area contributed by atoms with E-state index in [1.807, 2.05) is 48.5 Å². The number of carbonyl (C=O) groups excluding carboxylic acids is 2. The molecule has 1 aliphatic heterocycles. The summed E-state index contributed by atoms with van der Waals surface area (Å²) in [6.07, 6.45) is 1.11. The summed E-state index contributed by atoms with van der Waals surface area (Å²) in [6.45, 7) is 0.510. The molecule has 0 unspecified atom stereocenters. The number of rotatable bonds is 7. The highest BCUT2D eigenvalue weighted by atomic mass is 32.2. The Labute approximate surface area is 175 Å². The third-order valence-corrected chi connectivity index (χ3v) is 5.35. The van der Waals surface area contributed by atoms with Crippen LogP contribution in [0, 0.1) is 0 Å². The lowest BCUT2D eigenvalue weighted by atomic mass is 10.0. The molecule has 0 aromatic heterocycles. The third-order valence-electron chi connectivity index (χ3n) is 4.68. The molecule has 0 atom stereocenters. The maximum atomic E-state index is 12.3. The smallest absolute Gasteiger partial charge is 0.289 e. The van der Waals surface area contributed by atoms with Crippen molar-refractivity contribution in [1.82, 2.24) is 14.9 Å². The molecule has 0 saturated heterocycles. The van der Waals surface area contributed by atoms with Gasteiger partial charge in [0, 0.05) is 20.1 Å². The Morgan fingerprint density at radius 2 is 1.63 bits per heavy atom. The first-order valence-corrected chi connectivity index (χ1v) is 11.1. The molecule has 8 nitrogen and oxygen atoms in total. The molecule has 2 aromatic carbocycles. The van der Waals surface area contributed by atoms with E-state index in [1.54, 1.807) is 0 Å². The van der Waals surface area contributed by atoms with E-state index in [0.29, 0.717) is 0 Å². The number of nitrogens with zero attached hydrogens (tertiary/aromatic N) is 1. The molecule has 0 radical (unpaired) electrons. The van der Waals surface area contributed by atoms with Gasteiger partial charge in [0.25, 0.3) is 11.8 Å². The van der Waals surface area contributed by atoms with Crippen LogP contribution < -0.4 is 10.0 Å². The number of amides is 2. The van der Waals surface area contributed by atoms with E-state index >= 15 is 0 Å². The second kappa shape index (κ2) is 8.68. The maximum absolute atomic E-state index is 12.3. The molecule has 0 fully saturated rings. The molecule has 1 heterocycles. The van der Waals surface area contributed by atoms with Crippen LogP contribution >= 0.6 is 0 Å². The van der Waals surface area contributed by atoms with Crippen molar-refractivity contribution in [1.29, 1.82) is 0 Å². The summed E-state index contributed by atoms with van der Waals surface area (Å²) in [6, 6.07) is 15.1. The van der Waals surface area contributed by atoms with Crippen molar-refractivity contribution in [2.24, 2.45) is 0 Å². The largest absolute Gasteiger partial charge is 0.503 e. The molecule has 3 N–H and O–H groups in total.